The highest BCUT2D eigenvalue weighted by molar-refractivity contribution is 5.70. The number of aromatic nitrogens is 2. The SMILES string of the molecule is CCCOc1cccn2cc(CC(=O)O)nc12. The quantitative estimate of drug-likeness (QED) is 0.856. The van der Waals surface area contributed by atoms with Crippen LogP contribution in [-0.4, -0.2) is 27.1 Å². The Bertz CT molecular complexity index is 534. The second-order valence-corrected chi connectivity index (χ2v) is 3.75. The molecule has 2 rings (SSSR count). The van der Waals surface area contributed by atoms with Crippen LogP contribution in [0.5, 0.6) is 5.75 Å². The Morgan fingerprint density at radius 1 is 1.59 bits per heavy atom. The molecule has 5 heteroatoms. The summed E-state index contributed by atoms with van der Waals surface area (Å²) in [6, 6.07) is 3.69. The van der Waals surface area contributed by atoms with Gasteiger partial charge >= 0.3 is 5.97 Å². The summed E-state index contributed by atoms with van der Waals surface area (Å²) in [7, 11) is 0. The standard InChI is InChI=1S/C12H14N2O3/c1-2-6-17-10-4-3-5-14-8-9(7-11(15)16)13-12(10)14/h3-5,8H,2,6-7H2,1H3,(H,15,16). The highest BCUT2D eigenvalue weighted by Gasteiger charge is 2.09. The zero-order valence-electron chi connectivity index (χ0n) is 9.59. The summed E-state index contributed by atoms with van der Waals surface area (Å²) in [5, 5.41) is 8.72. The molecule has 0 aliphatic carbocycles. The molecule has 1 N–H and O–H groups in total. The summed E-state index contributed by atoms with van der Waals surface area (Å²) in [6.07, 6.45) is 4.38. The molecule has 0 atom stereocenters. The number of carboxylic acids is 1. The summed E-state index contributed by atoms with van der Waals surface area (Å²) >= 11 is 0. The first-order valence-corrected chi connectivity index (χ1v) is 5.52. The molecule has 0 unspecified atom stereocenters. The summed E-state index contributed by atoms with van der Waals surface area (Å²) < 4.78 is 7.34. The lowest BCUT2D eigenvalue weighted by Gasteiger charge is -2.04. The number of fused-ring (bicyclic) bond motifs is 1. The van der Waals surface area contributed by atoms with E-state index in [9.17, 15) is 4.79 Å². The third-order valence-electron chi connectivity index (χ3n) is 2.29. The van der Waals surface area contributed by atoms with Crippen LogP contribution in [0.3, 0.4) is 0 Å². The van der Waals surface area contributed by atoms with Gasteiger partial charge in [0, 0.05) is 12.4 Å². The molecule has 0 fully saturated rings. The molecule has 0 aromatic carbocycles. The first kappa shape index (κ1) is 11.4. The van der Waals surface area contributed by atoms with E-state index in [1.54, 1.807) is 10.6 Å². The number of nitrogens with zero attached hydrogens (tertiary/aromatic N) is 2. The van der Waals surface area contributed by atoms with Gasteiger partial charge < -0.3 is 14.2 Å². The van der Waals surface area contributed by atoms with E-state index in [0.29, 0.717) is 23.7 Å². The molecule has 5 nitrogen and oxygen atoms in total. The molecule has 0 aliphatic rings. The lowest BCUT2D eigenvalue weighted by Crippen LogP contribution is -2.00. The van der Waals surface area contributed by atoms with Crippen molar-refractivity contribution in [1.29, 1.82) is 0 Å². The molecule has 2 aromatic heterocycles. The average Bonchev–Trinajstić information content (AvgIpc) is 2.67. The van der Waals surface area contributed by atoms with Gasteiger partial charge in [-0.1, -0.05) is 6.92 Å². The van der Waals surface area contributed by atoms with Crippen LogP contribution in [0.1, 0.15) is 19.0 Å². The predicted octanol–water partition coefficient (Wildman–Crippen LogP) is 1.75. The maximum Gasteiger partial charge on any atom is 0.309 e. The van der Waals surface area contributed by atoms with Gasteiger partial charge in [-0.05, 0) is 18.6 Å². The van der Waals surface area contributed by atoms with Gasteiger partial charge in [0.05, 0.1) is 18.7 Å². The number of rotatable bonds is 5. The van der Waals surface area contributed by atoms with Crippen LogP contribution in [0.15, 0.2) is 24.5 Å². The van der Waals surface area contributed by atoms with E-state index in [1.807, 2.05) is 25.3 Å². The molecule has 0 saturated heterocycles. The van der Waals surface area contributed by atoms with Crippen LogP contribution < -0.4 is 4.74 Å². The third kappa shape index (κ3) is 2.55. The lowest BCUT2D eigenvalue weighted by atomic mass is 10.3. The molecule has 2 aromatic rings. The van der Waals surface area contributed by atoms with Crippen LogP contribution in [-0.2, 0) is 11.2 Å². The average molecular weight is 234 g/mol. The van der Waals surface area contributed by atoms with Gasteiger partial charge in [0.2, 0.25) is 0 Å². The number of pyridine rings is 1. The van der Waals surface area contributed by atoms with E-state index in [4.69, 9.17) is 9.84 Å². The van der Waals surface area contributed by atoms with E-state index >= 15 is 0 Å². The van der Waals surface area contributed by atoms with Crippen molar-refractivity contribution < 1.29 is 14.6 Å². The first-order valence-electron chi connectivity index (χ1n) is 5.52. The number of hydrogen-bond donors (Lipinski definition) is 1. The highest BCUT2D eigenvalue weighted by Crippen LogP contribution is 2.19. The number of hydrogen-bond acceptors (Lipinski definition) is 3. The molecule has 0 bridgehead atoms. The fourth-order valence-corrected chi connectivity index (χ4v) is 1.60. The monoisotopic (exact) mass is 234 g/mol. The summed E-state index contributed by atoms with van der Waals surface area (Å²) in [4.78, 5) is 14.9. The van der Waals surface area contributed by atoms with Gasteiger partial charge in [-0.2, -0.15) is 0 Å². The second-order valence-electron chi connectivity index (χ2n) is 3.75. The van der Waals surface area contributed by atoms with Crippen LogP contribution in [0, 0.1) is 0 Å². The highest BCUT2D eigenvalue weighted by atomic mass is 16.5. The molecule has 0 amide bonds. The van der Waals surface area contributed by atoms with Gasteiger partial charge in [-0.3, -0.25) is 4.79 Å². The molecule has 0 radical (unpaired) electrons. The number of imidazole rings is 1. The Labute approximate surface area is 98.7 Å². The zero-order valence-corrected chi connectivity index (χ0v) is 9.59. The van der Waals surface area contributed by atoms with Crippen LogP contribution in [0.25, 0.3) is 5.65 Å². The van der Waals surface area contributed by atoms with E-state index in [1.165, 1.54) is 0 Å². The van der Waals surface area contributed by atoms with Crippen molar-refractivity contribution in [1.82, 2.24) is 9.38 Å². The molecule has 17 heavy (non-hydrogen) atoms. The summed E-state index contributed by atoms with van der Waals surface area (Å²) in [5.41, 5.74) is 1.20. The Morgan fingerprint density at radius 2 is 2.41 bits per heavy atom. The number of aliphatic carboxylic acids is 1. The van der Waals surface area contributed by atoms with Crippen LogP contribution >= 0.6 is 0 Å². The van der Waals surface area contributed by atoms with Gasteiger partial charge in [-0.15, -0.1) is 0 Å². The van der Waals surface area contributed by atoms with Crippen LogP contribution in [0.4, 0.5) is 0 Å². The molecular formula is C12H14N2O3. The van der Waals surface area contributed by atoms with Crippen molar-refractivity contribution in [3.05, 3.63) is 30.2 Å². The molecule has 90 valence electrons. The van der Waals surface area contributed by atoms with Gasteiger partial charge in [0.1, 0.15) is 0 Å². The molecule has 0 spiro atoms. The van der Waals surface area contributed by atoms with Crippen molar-refractivity contribution in [3.8, 4) is 5.75 Å². The minimum absolute atomic E-state index is 0.0745. The Hall–Kier alpha value is -2.04. The normalized spacial score (nSPS) is 10.6. The number of ether oxygens (including phenoxy) is 1. The van der Waals surface area contributed by atoms with Crippen molar-refractivity contribution in [2.75, 3.05) is 6.61 Å². The fraction of sp³-hybridized carbons (Fsp3) is 0.333. The Morgan fingerprint density at radius 3 is 3.12 bits per heavy atom. The number of carboxylic acid groups (broad SMARTS) is 1. The van der Waals surface area contributed by atoms with Crippen molar-refractivity contribution in [2.24, 2.45) is 0 Å². The minimum Gasteiger partial charge on any atom is -0.490 e. The lowest BCUT2D eigenvalue weighted by molar-refractivity contribution is -0.136. The van der Waals surface area contributed by atoms with E-state index < -0.39 is 5.97 Å². The molecule has 0 saturated carbocycles. The summed E-state index contributed by atoms with van der Waals surface area (Å²) in [6.45, 7) is 2.66. The molecular weight excluding hydrogens is 220 g/mol. The van der Waals surface area contributed by atoms with Crippen molar-refractivity contribution >= 4 is 11.6 Å². The molecule has 0 aliphatic heterocycles. The topological polar surface area (TPSA) is 63.8 Å². The van der Waals surface area contributed by atoms with Crippen LogP contribution in [0.2, 0.25) is 0 Å². The molecule has 2 heterocycles. The summed E-state index contributed by atoms with van der Waals surface area (Å²) in [5.74, 6) is -0.199. The predicted molar refractivity (Wildman–Crippen MR) is 62.3 cm³/mol. The van der Waals surface area contributed by atoms with Crippen molar-refractivity contribution in [2.45, 2.75) is 19.8 Å². The Kier molecular flexibility index (Phi) is 3.27. The zero-order chi connectivity index (χ0) is 12.3. The first-order chi connectivity index (χ1) is 8.20. The maximum absolute atomic E-state index is 10.6. The van der Waals surface area contributed by atoms with E-state index in [-0.39, 0.29) is 6.42 Å². The fourth-order valence-electron chi connectivity index (χ4n) is 1.60. The van der Waals surface area contributed by atoms with Crippen molar-refractivity contribution in [3.63, 3.8) is 0 Å². The van der Waals surface area contributed by atoms with E-state index in [2.05, 4.69) is 4.98 Å². The van der Waals surface area contributed by atoms with E-state index in [0.717, 1.165) is 6.42 Å². The van der Waals surface area contributed by atoms with Gasteiger partial charge in [-0.25, -0.2) is 4.98 Å². The smallest absolute Gasteiger partial charge is 0.309 e. The number of carbonyl (C=O) groups is 1. The van der Waals surface area contributed by atoms with Gasteiger partial charge in [0.25, 0.3) is 0 Å². The largest absolute Gasteiger partial charge is 0.490 e. The maximum atomic E-state index is 10.6. The van der Waals surface area contributed by atoms with Gasteiger partial charge in [0.15, 0.2) is 11.4 Å². The second kappa shape index (κ2) is 4.86. The minimum atomic E-state index is -0.885. The Balaban J connectivity index is 2.34. The third-order valence-corrected chi connectivity index (χ3v) is 2.29.